The highest BCUT2D eigenvalue weighted by Crippen LogP contribution is 2.34. The summed E-state index contributed by atoms with van der Waals surface area (Å²) in [6.45, 7) is 0. The Morgan fingerprint density at radius 2 is 2.00 bits per heavy atom. The molecule has 0 atom stereocenters. The van der Waals surface area contributed by atoms with Gasteiger partial charge in [-0.2, -0.15) is 5.10 Å². The summed E-state index contributed by atoms with van der Waals surface area (Å²) in [5.74, 6) is 0. The summed E-state index contributed by atoms with van der Waals surface area (Å²) in [6, 6.07) is 13.8. The number of benzene rings is 1. The Morgan fingerprint density at radius 1 is 1.15 bits per heavy atom. The first-order valence-corrected chi connectivity index (χ1v) is 6.86. The first-order chi connectivity index (χ1) is 9.86. The lowest BCUT2D eigenvalue weighted by Crippen LogP contribution is -1.85. The Hall–Kier alpha value is -2.40. The number of nitrogens with zero attached hydrogens (tertiary/aromatic N) is 2. The van der Waals surface area contributed by atoms with Crippen LogP contribution in [0.5, 0.6) is 0 Å². The van der Waals surface area contributed by atoms with E-state index in [2.05, 4.69) is 27.3 Å². The molecule has 0 spiro atoms. The average molecular weight is 281 g/mol. The Labute approximate surface area is 120 Å². The molecule has 0 radical (unpaired) electrons. The van der Waals surface area contributed by atoms with E-state index in [0.29, 0.717) is 5.69 Å². The first-order valence-electron chi connectivity index (χ1n) is 6.04. The maximum atomic E-state index is 10.7. The molecule has 0 fully saturated rings. The van der Waals surface area contributed by atoms with Gasteiger partial charge in [-0.05, 0) is 24.3 Å². The van der Waals surface area contributed by atoms with Crippen molar-refractivity contribution in [1.82, 2.24) is 15.2 Å². The molecule has 0 bridgehead atoms. The fraction of sp³-hybridized carbons (Fsp3) is 0. The molecule has 0 saturated heterocycles. The summed E-state index contributed by atoms with van der Waals surface area (Å²) in [5.41, 5.74) is 2.11. The third kappa shape index (κ3) is 2.62. The van der Waals surface area contributed by atoms with E-state index in [4.69, 9.17) is 0 Å². The lowest BCUT2D eigenvalue weighted by molar-refractivity contribution is 0.111. The number of pyridine rings is 1. The molecule has 20 heavy (non-hydrogen) atoms. The van der Waals surface area contributed by atoms with Gasteiger partial charge in [-0.3, -0.25) is 14.9 Å². The number of aldehydes is 1. The second-order valence-corrected chi connectivity index (χ2v) is 5.23. The van der Waals surface area contributed by atoms with E-state index >= 15 is 0 Å². The smallest absolute Gasteiger partial charge is 0.170 e. The molecule has 0 saturated carbocycles. The van der Waals surface area contributed by atoms with Crippen molar-refractivity contribution in [1.29, 1.82) is 0 Å². The van der Waals surface area contributed by atoms with Crippen LogP contribution >= 0.6 is 11.8 Å². The van der Waals surface area contributed by atoms with Crippen LogP contribution in [-0.4, -0.2) is 21.5 Å². The minimum atomic E-state index is 0.388. The Kier molecular flexibility index (Phi) is 3.60. The lowest BCUT2D eigenvalue weighted by atomic mass is 10.2. The summed E-state index contributed by atoms with van der Waals surface area (Å²) in [4.78, 5) is 17.1. The molecule has 1 N–H and O–H groups in total. The van der Waals surface area contributed by atoms with Crippen molar-refractivity contribution in [2.75, 3.05) is 0 Å². The number of aromatic amines is 1. The molecule has 0 amide bonds. The van der Waals surface area contributed by atoms with Crippen LogP contribution < -0.4 is 0 Å². The highest BCUT2D eigenvalue weighted by Gasteiger charge is 2.09. The monoisotopic (exact) mass is 281 g/mol. The van der Waals surface area contributed by atoms with E-state index in [1.54, 1.807) is 30.2 Å². The predicted octanol–water partition coefficient (Wildman–Crippen LogP) is 3.44. The normalized spacial score (nSPS) is 10.4. The Morgan fingerprint density at radius 3 is 2.75 bits per heavy atom. The molecule has 3 aromatic rings. The number of rotatable bonds is 4. The number of nitrogens with one attached hydrogen (secondary N) is 1. The van der Waals surface area contributed by atoms with E-state index in [0.717, 1.165) is 27.3 Å². The van der Waals surface area contributed by atoms with Crippen molar-refractivity contribution in [2.24, 2.45) is 0 Å². The molecular weight excluding hydrogens is 270 g/mol. The van der Waals surface area contributed by atoms with Crippen LogP contribution in [0.4, 0.5) is 0 Å². The number of carbonyl (C=O) groups is 1. The third-order valence-electron chi connectivity index (χ3n) is 2.76. The topological polar surface area (TPSA) is 58.6 Å². The molecule has 4 nitrogen and oxygen atoms in total. The molecule has 0 unspecified atom stereocenters. The van der Waals surface area contributed by atoms with Gasteiger partial charge >= 0.3 is 0 Å². The van der Waals surface area contributed by atoms with Gasteiger partial charge in [0, 0.05) is 27.7 Å². The highest BCUT2D eigenvalue weighted by atomic mass is 32.2. The van der Waals surface area contributed by atoms with E-state index in [1.165, 1.54) is 0 Å². The number of carbonyl (C=O) groups excluding carboxylic acids is 1. The fourth-order valence-corrected chi connectivity index (χ4v) is 2.77. The predicted molar refractivity (Wildman–Crippen MR) is 77.8 cm³/mol. The largest absolute Gasteiger partial charge is 0.296 e. The van der Waals surface area contributed by atoms with Crippen LogP contribution in [0.25, 0.3) is 11.3 Å². The molecular formula is C15H11N3OS. The van der Waals surface area contributed by atoms with Gasteiger partial charge in [0.2, 0.25) is 0 Å². The van der Waals surface area contributed by atoms with Crippen molar-refractivity contribution >= 4 is 18.0 Å². The SMILES string of the molecule is O=Cc1cc(-c2cnccc2Sc2ccccc2)[nH]n1. The zero-order valence-corrected chi connectivity index (χ0v) is 11.3. The van der Waals surface area contributed by atoms with Gasteiger partial charge < -0.3 is 0 Å². The van der Waals surface area contributed by atoms with Gasteiger partial charge in [0.15, 0.2) is 6.29 Å². The molecule has 2 aromatic heterocycles. The summed E-state index contributed by atoms with van der Waals surface area (Å²) in [6.07, 6.45) is 4.25. The maximum absolute atomic E-state index is 10.7. The average Bonchev–Trinajstić information content (AvgIpc) is 2.98. The molecule has 0 aliphatic carbocycles. The van der Waals surface area contributed by atoms with Crippen molar-refractivity contribution < 1.29 is 4.79 Å². The number of aromatic nitrogens is 3. The molecule has 98 valence electrons. The van der Waals surface area contributed by atoms with Crippen molar-refractivity contribution in [3.05, 3.63) is 60.6 Å². The quantitative estimate of drug-likeness (QED) is 0.744. The van der Waals surface area contributed by atoms with E-state index in [1.807, 2.05) is 24.3 Å². The molecule has 2 heterocycles. The number of H-pyrrole nitrogens is 1. The van der Waals surface area contributed by atoms with Crippen molar-refractivity contribution in [3.8, 4) is 11.3 Å². The van der Waals surface area contributed by atoms with Crippen LogP contribution in [-0.2, 0) is 0 Å². The molecule has 1 aromatic carbocycles. The summed E-state index contributed by atoms with van der Waals surface area (Å²) in [5, 5.41) is 6.79. The van der Waals surface area contributed by atoms with Crippen LogP contribution in [0, 0.1) is 0 Å². The summed E-state index contributed by atoms with van der Waals surface area (Å²) >= 11 is 1.65. The fourth-order valence-electron chi connectivity index (χ4n) is 1.82. The molecule has 5 heteroatoms. The molecule has 3 rings (SSSR count). The van der Waals surface area contributed by atoms with Crippen LogP contribution in [0.2, 0.25) is 0 Å². The second kappa shape index (κ2) is 5.71. The second-order valence-electron chi connectivity index (χ2n) is 4.11. The van der Waals surface area contributed by atoms with Gasteiger partial charge in [-0.1, -0.05) is 30.0 Å². The van der Waals surface area contributed by atoms with Crippen LogP contribution in [0.15, 0.2) is 64.6 Å². The van der Waals surface area contributed by atoms with Gasteiger partial charge in [0.1, 0.15) is 5.69 Å². The van der Waals surface area contributed by atoms with Gasteiger partial charge in [0.05, 0.1) is 5.69 Å². The van der Waals surface area contributed by atoms with Crippen molar-refractivity contribution in [2.45, 2.75) is 9.79 Å². The van der Waals surface area contributed by atoms with Crippen LogP contribution in [0.3, 0.4) is 0 Å². The summed E-state index contributed by atoms with van der Waals surface area (Å²) in [7, 11) is 0. The maximum Gasteiger partial charge on any atom is 0.170 e. The lowest BCUT2D eigenvalue weighted by Gasteiger charge is -2.06. The van der Waals surface area contributed by atoms with Crippen LogP contribution in [0.1, 0.15) is 10.5 Å². The Balaban J connectivity index is 1.98. The zero-order chi connectivity index (χ0) is 13.8. The van der Waals surface area contributed by atoms with Crippen molar-refractivity contribution in [3.63, 3.8) is 0 Å². The van der Waals surface area contributed by atoms with E-state index in [9.17, 15) is 4.79 Å². The summed E-state index contributed by atoms with van der Waals surface area (Å²) < 4.78 is 0. The Bertz CT molecular complexity index is 725. The number of hydrogen-bond acceptors (Lipinski definition) is 4. The van der Waals surface area contributed by atoms with Gasteiger partial charge in [-0.25, -0.2) is 0 Å². The molecule has 0 aliphatic rings. The highest BCUT2D eigenvalue weighted by molar-refractivity contribution is 7.99. The van der Waals surface area contributed by atoms with Gasteiger partial charge in [0.25, 0.3) is 0 Å². The molecule has 0 aliphatic heterocycles. The number of hydrogen-bond donors (Lipinski definition) is 1. The van der Waals surface area contributed by atoms with Gasteiger partial charge in [-0.15, -0.1) is 0 Å². The minimum Gasteiger partial charge on any atom is -0.296 e. The first kappa shape index (κ1) is 12.6. The van der Waals surface area contributed by atoms with E-state index in [-0.39, 0.29) is 0 Å². The van der Waals surface area contributed by atoms with E-state index < -0.39 is 0 Å². The zero-order valence-electron chi connectivity index (χ0n) is 10.5. The standard InChI is InChI=1S/C15H11N3OS/c19-10-11-8-14(18-17-11)13-9-16-7-6-15(13)20-12-4-2-1-3-5-12/h1-10H,(H,17,18). The minimum absolute atomic E-state index is 0.388. The third-order valence-corrected chi connectivity index (χ3v) is 3.84.